The van der Waals surface area contributed by atoms with Crippen molar-refractivity contribution < 1.29 is 19.1 Å². The molecule has 0 bridgehead atoms. The average molecular weight is 485 g/mol. The second kappa shape index (κ2) is 9.79. The van der Waals surface area contributed by atoms with Gasteiger partial charge in [-0.05, 0) is 12.1 Å². The van der Waals surface area contributed by atoms with E-state index in [-0.39, 0.29) is 18.0 Å². The third-order valence-corrected chi connectivity index (χ3v) is 6.38. The summed E-state index contributed by atoms with van der Waals surface area (Å²) in [5, 5.41) is 6.85. The van der Waals surface area contributed by atoms with Gasteiger partial charge in [0.1, 0.15) is 13.2 Å². The van der Waals surface area contributed by atoms with Gasteiger partial charge < -0.3 is 14.8 Å². The highest BCUT2D eigenvalue weighted by Crippen LogP contribution is 2.32. The second-order valence-electron chi connectivity index (χ2n) is 8.05. The van der Waals surface area contributed by atoms with Crippen molar-refractivity contribution in [2.24, 2.45) is 0 Å². The minimum atomic E-state index is -0.596. The van der Waals surface area contributed by atoms with Crippen molar-refractivity contribution in [1.82, 2.24) is 24.5 Å². The van der Waals surface area contributed by atoms with Gasteiger partial charge in [0.2, 0.25) is 5.91 Å². The highest BCUT2D eigenvalue weighted by atomic mass is 32.1. The molecular formula is C22H24N6O5S. The number of urea groups is 1. The molecule has 3 aromatic rings. The molecule has 178 valence electrons. The van der Waals surface area contributed by atoms with Crippen molar-refractivity contribution in [3.63, 3.8) is 0 Å². The van der Waals surface area contributed by atoms with E-state index in [4.69, 9.17) is 9.47 Å². The van der Waals surface area contributed by atoms with E-state index in [0.717, 1.165) is 18.8 Å². The molecule has 11 nitrogen and oxygen atoms in total. The average Bonchev–Trinajstić information content (AvgIpc) is 3.29. The topological polar surface area (TPSA) is 118 Å². The molecule has 1 aromatic carbocycles. The lowest BCUT2D eigenvalue weighted by Crippen LogP contribution is -2.50. The Morgan fingerprint density at radius 1 is 1.03 bits per heavy atom. The molecule has 0 radical (unpaired) electrons. The van der Waals surface area contributed by atoms with Crippen molar-refractivity contribution in [2.75, 3.05) is 51.3 Å². The number of piperazine rings is 1. The van der Waals surface area contributed by atoms with Crippen LogP contribution in [-0.2, 0) is 11.3 Å². The molecule has 2 aliphatic heterocycles. The number of fused-ring (bicyclic) bond motifs is 2. The first-order chi connectivity index (χ1) is 16.5. The quantitative estimate of drug-likeness (QED) is 0.551. The Morgan fingerprint density at radius 3 is 2.62 bits per heavy atom. The summed E-state index contributed by atoms with van der Waals surface area (Å²) in [6.07, 6.45) is 1.72. The van der Waals surface area contributed by atoms with Gasteiger partial charge in [0.15, 0.2) is 16.5 Å². The first-order valence-corrected chi connectivity index (χ1v) is 11.8. The maximum absolute atomic E-state index is 12.3. The predicted molar refractivity (Wildman–Crippen MR) is 126 cm³/mol. The van der Waals surface area contributed by atoms with Crippen molar-refractivity contribution >= 4 is 33.9 Å². The van der Waals surface area contributed by atoms with Gasteiger partial charge in [-0.25, -0.2) is 9.78 Å². The summed E-state index contributed by atoms with van der Waals surface area (Å²) >= 11 is 1.43. The Morgan fingerprint density at radius 2 is 1.79 bits per heavy atom. The van der Waals surface area contributed by atoms with Gasteiger partial charge in [-0.3, -0.25) is 29.1 Å². The van der Waals surface area contributed by atoms with E-state index < -0.39 is 6.03 Å². The number of carbonyl (C=O) groups is 2. The van der Waals surface area contributed by atoms with Crippen LogP contribution in [0.5, 0.6) is 11.5 Å². The largest absolute Gasteiger partial charge is 0.486 e. The number of aromatic nitrogens is 2. The zero-order valence-corrected chi connectivity index (χ0v) is 19.2. The number of benzene rings is 1. The van der Waals surface area contributed by atoms with Gasteiger partial charge >= 0.3 is 6.03 Å². The summed E-state index contributed by atoms with van der Waals surface area (Å²) in [6.45, 7) is 4.49. The maximum atomic E-state index is 12.3. The molecule has 0 saturated carbocycles. The van der Waals surface area contributed by atoms with Crippen LogP contribution in [0, 0.1) is 0 Å². The van der Waals surface area contributed by atoms with Crippen LogP contribution in [0.3, 0.4) is 0 Å². The molecule has 2 aromatic heterocycles. The molecule has 3 amide bonds. The van der Waals surface area contributed by atoms with E-state index in [9.17, 15) is 14.4 Å². The van der Waals surface area contributed by atoms with Gasteiger partial charge in [-0.1, -0.05) is 0 Å². The molecule has 0 spiro atoms. The summed E-state index contributed by atoms with van der Waals surface area (Å²) in [6, 6.07) is 6.05. The van der Waals surface area contributed by atoms with Crippen LogP contribution >= 0.6 is 11.3 Å². The van der Waals surface area contributed by atoms with Crippen molar-refractivity contribution in [3.8, 4) is 11.5 Å². The number of anilines is 1. The van der Waals surface area contributed by atoms with E-state index in [2.05, 4.69) is 20.5 Å². The van der Waals surface area contributed by atoms with Gasteiger partial charge in [-0.15, -0.1) is 11.3 Å². The fraction of sp³-hybridized carbons (Fsp3) is 0.364. The van der Waals surface area contributed by atoms with Crippen molar-refractivity contribution in [1.29, 1.82) is 0 Å². The Kier molecular flexibility index (Phi) is 6.43. The minimum Gasteiger partial charge on any atom is -0.486 e. The number of carbonyl (C=O) groups excluding carboxylic acids is 2. The molecule has 1 saturated heterocycles. The third-order valence-electron chi connectivity index (χ3n) is 5.63. The van der Waals surface area contributed by atoms with Crippen LogP contribution < -0.4 is 25.7 Å². The monoisotopic (exact) mass is 484 g/mol. The number of thiazole rings is 1. The molecular weight excluding hydrogens is 460 g/mol. The van der Waals surface area contributed by atoms with Crippen LogP contribution in [0.15, 0.2) is 40.6 Å². The maximum Gasteiger partial charge on any atom is 0.325 e. The highest BCUT2D eigenvalue weighted by Gasteiger charge is 2.21. The second-order valence-corrected chi connectivity index (χ2v) is 8.93. The van der Waals surface area contributed by atoms with E-state index >= 15 is 0 Å². The van der Waals surface area contributed by atoms with E-state index in [1.165, 1.54) is 15.7 Å². The predicted octanol–water partition coefficient (Wildman–Crippen LogP) is 0.993. The molecule has 0 atom stereocenters. The summed E-state index contributed by atoms with van der Waals surface area (Å²) < 4.78 is 12.5. The molecule has 12 heteroatoms. The van der Waals surface area contributed by atoms with Gasteiger partial charge in [0.05, 0.1) is 12.2 Å². The van der Waals surface area contributed by atoms with E-state index in [0.29, 0.717) is 55.0 Å². The Balaban J connectivity index is 1.07. The van der Waals surface area contributed by atoms with Crippen LogP contribution in [0.4, 0.5) is 10.5 Å². The molecule has 0 unspecified atom stereocenters. The lowest BCUT2D eigenvalue weighted by Gasteiger charge is -2.33. The third kappa shape index (κ3) is 5.19. The number of amides is 3. The van der Waals surface area contributed by atoms with Crippen LogP contribution in [0.2, 0.25) is 0 Å². The fourth-order valence-electron chi connectivity index (χ4n) is 3.96. The molecule has 4 heterocycles. The molecule has 5 rings (SSSR count). The summed E-state index contributed by atoms with van der Waals surface area (Å²) in [4.78, 5) is 46.1. The lowest BCUT2D eigenvalue weighted by molar-refractivity contribution is -0.121. The minimum absolute atomic E-state index is 0.0777. The molecule has 0 aliphatic carbocycles. The normalized spacial score (nSPS) is 16.4. The SMILES string of the molecule is O=C(CN1CCN(Cc2cc(=O)n3ccsc3n2)CC1)NC(=O)Nc1ccc2c(c1)OCCO2. The number of hydrogen-bond donors (Lipinski definition) is 2. The Hall–Kier alpha value is -3.48. The van der Waals surface area contributed by atoms with Crippen molar-refractivity contribution in [3.05, 3.63) is 51.9 Å². The Bertz CT molecular complexity index is 1270. The molecule has 2 N–H and O–H groups in total. The van der Waals surface area contributed by atoms with Gasteiger partial charge in [-0.2, -0.15) is 0 Å². The van der Waals surface area contributed by atoms with E-state index in [1.54, 1.807) is 30.5 Å². The van der Waals surface area contributed by atoms with Crippen molar-refractivity contribution in [2.45, 2.75) is 6.54 Å². The van der Waals surface area contributed by atoms with E-state index in [1.807, 2.05) is 10.3 Å². The number of rotatable bonds is 5. The van der Waals surface area contributed by atoms with Crippen LogP contribution in [0.25, 0.3) is 4.96 Å². The zero-order valence-electron chi connectivity index (χ0n) is 18.4. The van der Waals surface area contributed by atoms with Crippen LogP contribution in [0.1, 0.15) is 5.69 Å². The first-order valence-electron chi connectivity index (χ1n) is 10.9. The number of nitrogens with zero attached hydrogens (tertiary/aromatic N) is 4. The molecule has 34 heavy (non-hydrogen) atoms. The molecule has 1 fully saturated rings. The Labute approximate surface area is 198 Å². The number of hydrogen-bond acceptors (Lipinski definition) is 9. The summed E-state index contributed by atoms with van der Waals surface area (Å²) in [5.74, 6) is 0.813. The lowest BCUT2D eigenvalue weighted by atomic mass is 10.2. The fourth-order valence-corrected chi connectivity index (χ4v) is 4.69. The van der Waals surface area contributed by atoms with Gasteiger partial charge in [0.25, 0.3) is 5.56 Å². The number of imide groups is 1. The zero-order chi connectivity index (χ0) is 23.5. The van der Waals surface area contributed by atoms with Gasteiger partial charge in [0, 0.05) is 62.1 Å². The number of ether oxygens (including phenoxy) is 2. The van der Waals surface area contributed by atoms with Crippen LogP contribution in [-0.4, -0.2) is 77.1 Å². The summed E-state index contributed by atoms with van der Waals surface area (Å²) in [7, 11) is 0. The number of nitrogens with one attached hydrogen (secondary N) is 2. The summed E-state index contributed by atoms with van der Waals surface area (Å²) in [5.41, 5.74) is 1.18. The standard InChI is InChI=1S/C22H24N6O5S/c29-19(25-21(31)23-15-1-2-17-18(11-15)33-9-8-32-17)14-27-5-3-26(4-6-27)13-16-12-20(30)28-7-10-34-22(28)24-16/h1-2,7,10-12H,3-6,8-9,13-14H2,(H2,23,25,29,31). The molecule has 2 aliphatic rings. The highest BCUT2D eigenvalue weighted by molar-refractivity contribution is 7.15. The smallest absolute Gasteiger partial charge is 0.325 e. The first kappa shape index (κ1) is 22.3.